The van der Waals surface area contributed by atoms with E-state index >= 15 is 0 Å². The molecular formula is C6H12N2S2. The molecule has 0 saturated heterocycles. The quantitative estimate of drug-likeness (QED) is 0.499. The van der Waals surface area contributed by atoms with Crippen molar-refractivity contribution >= 4 is 34.0 Å². The Morgan fingerprint density at radius 3 is 1.50 bits per heavy atom. The molecule has 0 fully saturated rings. The summed E-state index contributed by atoms with van der Waals surface area (Å²) in [4.78, 5) is 0. The van der Waals surface area contributed by atoms with Gasteiger partial charge in [0, 0.05) is 22.9 Å². The smallest absolute Gasteiger partial charge is 0.0469 e. The molecular weight excluding hydrogens is 164 g/mol. The van der Waals surface area contributed by atoms with E-state index in [2.05, 4.69) is 0 Å². The van der Waals surface area contributed by atoms with Gasteiger partial charge in [-0.2, -0.15) is 0 Å². The van der Waals surface area contributed by atoms with Crippen molar-refractivity contribution < 1.29 is 0 Å². The van der Waals surface area contributed by atoms with Crippen LogP contribution in [-0.2, 0) is 0 Å². The molecule has 0 aliphatic carbocycles. The van der Waals surface area contributed by atoms with Crippen LogP contribution in [-0.4, -0.2) is 22.9 Å². The number of hydrogen-bond donors (Lipinski definition) is 2. The van der Waals surface area contributed by atoms with Crippen molar-refractivity contribution in [3.63, 3.8) is 0 Å². The maximum Gasteiger partial charge on any atom is 0.0469 e. The molecule has 2 unspecified atom stereocenters. The second-order valence-corrected chi connectivity index (χ2v) is 4.96. The molecule has 0 bridgehead atoms. The van der Waals surface area contributed by atoms with Crippen LogP contribution in [0.5, 0.6) is 0 Å². The number of rotatable bonds is 5. The average Bonchev–Trinajstić information content (AvgIpc) is 1.99. The molecule has 2 nitrogen and oxygen atoms in total. The third-order valence-electron chi connectivity index (χ3n) is 0.829. The monoisotopic (exact) mass is 176 g/mol. The highest BCUT2D eigenvalue weighted by Crippen LogP contribution is 2.28. The van der Waals surface area contributed by atoms with Crippen LogP contribution < -0.4 is 0 Å². The zero-order chi connectivity index (χ0) is 7.98. The van der Waals surface area contributed by atoms with E-state index in [1.54, 1.807) is 21.6 Å². The van der Waals surface area contributed by atoms with Crippen molar-refractivity contribution in [1.82, 2.24) is 0 Å². The summed E-state index contributed by atoms with van der Waals surface area (Å²) in [6.45, 7) is 3.95. The maximum atomic E-state index is 6.89. The summed E-state index contributed by atoms with van der Waals surface area (Å²) in [5.41, 5.74) is 0. The standard InChI is InChI=1S/C6H12N2S2/c1-5(3-7)9-10-6(2)4-8/h3-8H,1-2H3. The van der Waals surface area contributed by atoms with Gasteiger partial charge in [0.15, 0.2) is 0 Å². The van der Waals surface area contributed by atoms with E-state index in [1.807, 2.05) is 13.8 Å². The van der Waals surface area contributed by atoms with Crippen molar-refractivity contribution in [2.24, 2.45) is 0 Å². The first-order valence-corrected chi connectivity index (χ1v) is 5.31. The van der Waals surface area contributed by atoms with Gasteiger partial charge in [-0.15, -0.1) is 0 Å². The molecule has 0 aliphatic heterocycles. The second kappa shape index (κ2) is 5.80. The summed E-state index contributed by atoms with van der Waals surface area (Å²) in [6, 6.07) is 0. The Hall–Kier alpha value is 0.0400. The SMILES string of the molecule is CC(C=N)SSC(C)C=N. The predicted octanol–water partition coefficient (Wildman–Crippen LogP) is 2.44. The minimum atomic E-state index is 0.257. The van der Waals surface area contributed by atoms with E-state index in [9.17, 15) is 0 Å². The van der Waals surface area contributed by atoms with Gasteiger partial charge in [0.2, 0.25) is 0 Å². The highest BCUT2D eigenvalue weighted by Gasteiger charge is 2.01. The fourth-order valence-corrected chi connectivity index (χ4v) is 2.08. The van der Waals surface area contributed by atoms with Crippen LogP contribution in [0.25, 0.3) is 0 Å². The highest BCUT2D eigenvalue weighted by molar-refractivity contribution is 8.77. The number of nitrogens with one attached hydrogen (secondary N) is 2. The van der Waals surface area contributed by atoms with Gasteiger partial charge in [-0.1, -0.05) is 21.6 Å². The van der Waals surface area contributed by atoms with Crippen molar-refractivity contribution in [2.75, 3.05) is 0 Å². The van der Waals surface area contributed by atoms with Crippen molar-refractivity contribution in [1.29, 1.82) is 10.8 Å². The van der Waals surface area contributed by atoms with E-state index in [0.29, 0.717) is 0 Å². The lowest BCUT2D eigenvalue weighted by Gasteiger charge is -2.05. The van der Waals surface area contributed by atoms with Crippen LogP contribution in [0.1, 0.15) is 13.8 Å². The van der Waals surface area contributed by atoms with E-state index in [-0.39, 0.29) is 10.5 Å². The lowest BCUT2D eigenvalue weighted by atomic mass is 10.5. The summed E-state index contributed by atoms with van der Waals surface area (Å²) in [5.74, 6) is 0. The molecule has 0 amide bonds. The van der Waals surface area contributed by atoms with Gasteiger partial charge in [0.25, 0.3) is 0 Å². The van der Waals surface area contributed by atoms with Crippen LogP contribution in [0.3, 0.4) is 0 Å². The van der Waals surface area contributed by atoms with E-state index < -0.39 is 0 Å². The molecule has 0 rings (SSSR count). The van der Waals surface area contributed by atoms with E-state index in [4.69, 9.17) is 10.8 Å². The van der Waals surface area contributed by atoms with E-state index in [1.165, 1.54) is 12.4 Å². The summed E-state index contributed by atoms with van der Waals surface area (Å²) in [6.07, 6.45) is 2.82. The predicted molar refractivity (Wildman–Crippen MR) is 51.7 cm³/mol. The minimum Gasteiger partial charge on any atom is -0.312 e. The van der Waals surface area contributed by atoms with Gasteiger partial charge in [-0.25, -0.2) is 0 Å². The van der Waals surface area contributed by atoms with Crippen LogP contribution in [0, 0.1) is 10.8 Å². The van der Waals surface area contributed by atoms with Gasteiger partial charge >= 0.3 is 0 Å². The molecule has 4 heteroatoms. The summed E-state index contributed by atoms with van der Waals surface area (Å²) >= 11 is 0. The Bertz CT molecular complexity index is 102. The van der Waals surface area contributed by atoms with Crippen molar-refractivity contribution in [3.05, 3.63) is 0 Å². The highest BCUT2D eigenvalue weighted by atomic mass is 33.1. The molecule has 0 spiro atoms. The third-order valence-corrected chi connectivity index (χ3v) is 3.97. The van der Waals surface area contributed by atoms with E-state index in [0.717, 1.165) is 0 Å². The largest absolute Gasteiger partial charge is 0.312 e. The zero-order valence-corrected chi connectivity index (χ0v) is 7.76. The first-order chi connectivity index (χ1) is 4.70. The summed E-state index contributed by atoms with van der Waals surface area (Å²) in [5, 5.41) is 14.3. The number of hydrogen-bond acceptors (Lipinski definition) is 4. The Morgan fingerprint density at radius 2 is 1.30 bits per heavy atom. The van der Waals surface area contributed by atoms with Crippen LogP contribution in [0.15, 0.2) is 0 Å². The molecule has 0 aliphatic rings. The normalized spacial score (nSPS) is 15.8. The molecule has 0 aromatic rings. The Morgan fingerprint density at radius 1 is 1.00 bits per heavy atom. The van der Waals surface area contributed by atoms with Crippen molar-refractivity contribution in [2.45, 2.75) is 24.3 Å². The molecule has 2 N–H and O–H groups in total. The average molecular weight is 176 g/mol. The van der Waals surface area contributed by atoms with Gasteiger partial charge in [-0.3, -0.25) is 0 Å². The summed E-state index contributed by atoms with van der Waals surface area (Å²) < 4.78 is 0. The van der Waals surface area contributed by atoms with Crippen LogP contribution >= 0.6 is 21.6 Å². The third kappa shape index (κ3) is 4.88. The first-order valence-electron chi connectivity index (χ1n) is 3.04. The van der Waals surface area contributed by atoms with Crippen molar-refractivity contribution in [3.8, 4) is 0 Å². The van der Waals surface area contributed by atoms with Gasteiger partial charge < -0.3 is 10.8 Å². The molecule has 0 aromatic heterocycles. The van der Waals surface area contributed by atoms with Crippen LogP contribution in [0.2, 0.25) is 0 Å². The Balaban J connectivity index is 3.34. The van der Waals surface area contributed by atoms with Crippen LogP contribution in [0.4, 0.5) is 0 Å². The lowest BCUT2D eigenvalue weighted by molar-refractivity contribution is 1.31. The van der Waals surface area contributed by atoms with Gasteiger partial charge in [0.05, 0.1) is 0 Å². The molecule has 0 saturated carbocycles. The molecule has 10 heavy (non-hydrogen) atoms. The Labute approximate surface area is 69.6 Å². The maximum absolute atomic E-state index is 6.89. The zero-order valence-electron chi connectivity index (χ0n) is 6.13. The second-order valence-electron chi connectivity index (χ2n) is 1.94. The molecule has 0 aromatic carbocycles. The topological polar surface area (TPSA) is 47.7 Å². The minimum absolute atomic E-state index is 0.257. The fraction of sp³-hybridized carbons (Fsp3) is 0.667. The van der Waals surface area contributed by atoms with Gasteiger partial charge in [0.1, 0.15) is 0 Å². The molecule has 0 radical (unpaired) electrons. The summed E-state index contributed by atoms with van der Waals surface area (Å²) in [7, 11) is 3.26. The fourth-order valence-electron chi connectivity index (χ4n) is 0.231. The Kier molecular flexibility index (Phi) is 5.82. The molecule has 2 atom stereocenters. The van der Waals surface area contributed by atoms with Gasteiger partial charge in [-0.05, 0) is 13.8 Å². The molecule has 58 valence electrons. The lowest BCUT2D eigenvalue weighted by Crippen LogP contribution is -1.98. The first kappa shape index (κ1) is 10.0. The molecule has 0 heterocycles.